The van der Waals surface area contributed by atoms with Gasteiger partial charge in [-0.15, -0.1) is 11.8 Å². The lowest BCUT2D eigenvalue weighted by molar-refractivity contribution is -0.207. The van der Waals surface area contributed by atoms with Crippen LogP contribution in [0.2, 0.25) is 0 Å². The number of benzene rings is 4. The van der Waals surface area contributed by atoms with Crippen LogP contribution in [0.15, 0.2) is 121 Å². The van der Waals surface area contributed by atoms with Gasteiger partial charge in [-0.1, -0.05) is 79.7 Å². The minimum Gasteiger partial charge on any atom is -0.459 e. The maximum Gasteiger partial charge on any atom is 0.338 e. The summed E-state index contributed by atoms with van der Waals surface area (Å²) in [6.07, 6.45) is -4.98. The fourth-order valence-electron chi connectivity index (χ4n) is 4.83. The molecule has 0 N–H and O–H groups in total. The minimum atomic E-state index is -1.34. The molecule has 1 unspecified atom stereocenters. The van der Waals surface area contributed by atoms with Gasteiger partial charge in [-0.2, -0.15) is 0 Å². The Balaban J connectivity index is 1.52. The van der Waals surface area contributed by atoms with E-state index in [4.69, 9.17) is 23.7 Å². The molecule has 4 aromatic carbocycles. The van der Waals surface area contributed by atoms with Crippen molar-refractivity contribution in [2.45, 2.75) is 36.8 Å². The van der Waals surface area contributed by atoms with E-state index in [1.165, 1.54) is 11.8 Å². The Labute approximate surface area is 270 Å². The first-order chi connectivity index (χ1) is 22.4. The second-order valence-electron chi connectivity index (χ2n) is 10.2. The second-order valence-corrected chi connectivity index (χ2v) is 11.5. The molecule has 0 aliphatic carbocycles. The zero-order valence-corrected chi connectivity index (χ0v) is 25.7. The molecule has 236 valence electrons. The number of hydrogen-bond donors (Lipinski definition) is 0. The van der Waals surface area contributed by atoms with Crippen LogP contribution < -0.4 is 0 Å². The maximum absolute atomic E-state index is 13.5. The molecule has 9 nitrogen and oxygen atoms in total. The van der Waals surface area contributed by atoms with Crippen molar-refractivity contribution in [3.63, 3.8) is 0 Å². The quantitative estimate of drug-likeness (QED) is 0.143. The van der Waals surface area contributed by atoms with E-state index in [0.717, 1.165) is 0 Å². The summed E-state index contributed by atoms with van der Waals surface area (Å²) in [6, 6.07) is 33.3. The zero-order valence-electron chi connectivity index (χ0n) is 24.9. The number of ether oxygens (including phenoxy) is 5. The molecular formula is C36H32O9S. The molecule has 4 aromatic rings. The highest BCUT2D eigenvalue weighted by Crippen LogP contribution is 2.35. The number of carbonyl (C=O) groups is 4. The van der Waals surface area contributed by atoms with Crippen LogP contribution >= 0.6 is 11.8 Å². The van der Waals surface area contributed by atoms with E-state index in [0.29, 0.717) is 11.3 Å². The van der Waals surface area contributed by atoms with Gasteiger partial charge in [0.25, 0.3) is 0 Å². The van der Waals surface area contributed by atoms with Gasteiger partial charge < -0.3 is 23.7 Å². The molecule has 1 aliphatic rings. The van der Waals surface area contributed by atoms with E-state index in [9.17, 15) is 19.2 Å². The van der Waals surface area contributed by atoms with Crippen molar-refractivity contribution in [2.75, 3.05) is 12.4 Å². The van der Waals surface area contributed by atoms with Crippen LogP contribution in [0.5, 0.6) is 0 Å². The fraction of sp³-hybridized carbons (Fsp3) is 0.222. The van der Waals surface area contributed by atoms with Gasteiger partial charge in [0.15, 0.2) is 18.3 Å². The van der Waals surface area contributed by atoms with Gasteiger partial charge in [0.2, 0.25) is 0 Å². The fourth-order valence-corrected chi connectivity index (χ4v) is 5.78. The molecule has 1 fully saturated rings. The van der Waals surface area contributed by atoms with Crippen LogP contribution in [-0.2, 0) is 23.7 Å². The highest BCUT2D eigenvalue weighted by atomic mass is 32.2. The van der Waals surface area contributed by atoms with Crippen molar-refractivity contribution in [1.29, 1.82) is 0 Å². The highest BCUT2D eigenvalue weighted by molar-refractivity contribution is 7.99. The standard InChI is InChI=1S/C36H32O9S/c1-2-46-36-31(45-35(40)27-21-13-6-14-22-27)30(44-34(39)26-19-11-5-12-20-26)29(43-33(38)25-17-9-4-10-18-25)28(42-36)23-41-32(37)24-15-7-3-8-16-24/h3-22,28-31,36H,2,23H2,1H3/t28-,29?,30+,31-,36+/m1/s1. The molecule has 10 heteroatoms. The summed E-state index contributed by atoms with van der Waals surface area (Å²) in [6.45, 7) is 1.54. The Morgan fingerprint density at radius 1 is 0.543 bits per heavy atom. The molecule has 46 heavy (non-hydrogen) atoms. The number of hydrogen-bond acceptors (Lipinski definition) is 10. The van der Waals surface area contributed by atoms with E-state index in [1.54, 1.807) is 121 Å². The number of carbonyl (C=O) groups excluding carboxylic acids is 4. The Morgan fingerprint density at radius 2 is 0.913 bits per heavy atom. The third-order valence-corrected chi connectivity index (χ3v) is 8.11. The molecule has 5 rings (SSSR count). The third-order valence-electron chi connectivity index (χ3n) is 7.07. The third kappa shape index (κ3) is 8.21. The maximum atomic E-state index is 13.5. The molecular weight excluding hydrogens is 608 g/mol. The first kappa shape index (κ1) is 32.5. The Bertz CT molecular complexity index is 1600. The van der Waals surface area contributed by atoms with Crippen LogP contribution in [0.25, 0.3) is 0 Å². The lowest BCUT2D eigenvalue weighted by Crippen LogP contribution is -2.61. The summed E-state index contributed by atoms with van der Waals surface area (Å²) >= 11 is 1.30. The predicted molar refractivity (Wildman–Crippen MR) is 170 cm³/mol. The molecule has 0 amide bonds. The summed E-state index contributed by atoms with van der Waals surface area (Å²) in [5.41, 5.74) is 0.184. The normalized spacial score (nSPS) is 20.6. The van der Waals surface area contributed by atoms with Crippen LogP contribution in [0.1, 0.15) is 48.4 Å². The zero-order chi connectivity index (χ0) is 32.3. The second kappa shape index (κ2) is 15.9. The number of esters is 4. The van der Waals surface area contributed by atoms with Gasteiger partial charge in [-0.3, -0.25) is 0 Å². The Morgan fingerprint density at radius 3 is 1.33 bits per heavy atom. The van der Waals surface area contributed by atoms with E-state index in [-0.39, 0.29) is 23.3 Å². The van der Waals surface area contributed by atoms with Crippen LogP contribution in [0.4, 0.5) is 0 Å². The topological polar surface area (TPSA) is 114 Å². The van der Waals surface area contributed by atoms with Crippen molar-refractivity contribution in [3.05, 3.63) is 144 Å². The van der Waals surface area contributed by atoms with Gasteiger partial charge in [0.1, 0.15) is 18.1 Å². The van der Waals surface area contributed by atoms with Gasteiger partial charge in [-0.05, 0) is 54.3 Å². The lowest BCUT2D eigenvalue weighted by Gasteiger charge is -2.44. The van der Waals surface area contributed by atoms with Crippen LogP contribution in [-0.4, -0.2) is 66.1 Å². The smallest absolute Gasteiger partial charge is 0.338 e. The van der Waals surface area contributed by atoms with E-state index < -0.39 is 53.7 Å². The number of thioether (sulfide) groups is 1. The van der Waals surface area contributed by atoms with Gasteiger partial charge in [0.05, 0.1) is 22.3 Å². The first-order valence-corrected chi connectivity index (χ1v) is 15.8. The SMILES string of the molecule is CCS[C@@H]1O[C@H](COC(=O)c2ccccc2)C(OC(=O)c2ccccc2)[C@H](OC(=O)c2ccccc2)[C@H]1OC(=O)c1ccccc1. The Kier molecular flexibility index (Phi) is 11.2. The van der Waals surface area contributed by atoms with Gasteiger partial charge in [-0.25, -0.2) is 19.2 Å². The first-order valence-electron chi connectivity index (χ1n) is 14.7. The van der Waals surface area contributed by atoms with Crippen LogP contribution in [0.3, 0.4) is 0 Å². The number of rotatable bonds is 11. The predicted octanol–water partition coefficient (Wildman–Crippen LogP) is 6.00. The van der Waals surface area contributed by atoms with Crippen molar-refractivity contribution in [2.24, 2.45) is 0 Å². The molecule has 0 aromatic heterocycles. The molecule has 1 heterocycles. The summed E-state index contributed by atoms with van der Waals surface area (Å²) < 4.78 is 30.0. The minimum absolute atomic E-state index is 0.235. The summed E-state index contributed by atoms with van der Waals surface area (Å²) in [5.74, 6) is -2.22. The molecule has 0 bridgehead atoms. The van der Waals surface area contributed by atoms with Gasteiger partial charge in [0, 0.05) is 0 Å². The molecule has 0 spiro atoms. The summed E-state index contributed by atoms with van der Waals surface area (Å²) in [7, 11) is 0. The summed E-state index contributed by atoms with van der Waals surface area (Å²) in [4.78, 5) is 53.2. The van der Waals surface area contributed by atoms with Crippen molar-refractivity contribution >= 4 is 35.6 Å². The molecule has 1 aliphatic heterocycles. The van der Waals surface area contributed by atoms with Crippen molar-refractivity contribution in [3.8, 4) is 0 Å². The molecule has 1 saturated heterocycles. The monoisotopic (exact) mass is 640 g/mol. The molecule has 0 radical (unpaired) electrons. The summed E-state index contributed by atoms with van der Waals surface area (Å²) in [5, 5.41) is 0. The Hall–Kier alpha value is -4.93. The molecule has 0 saturated carbocycles. The average molecular weight is 641 g/mol. The van der Waals surface area contributed by atoms with Crippen molar-refractivity contribution < 1.29 is 42.9 Å². The molecule has 5 atom stereocenters. The van der Waals surface area contributed by atoms with Crippen LogP contribution in [0, 0.1) is 0 Å². The van der Waals surface area contributed by atoms with E-state index in [1.807, 2.05) is 6.92 Å². The largest absolute Gasteiger partial charge is 0.459 e. The average Bonchev–Trinajstić information content (AvgIpc) is 3.11. The van der Waals surface area contributed by atoms with Gasteiger partial charge >= 0.3 is 23.9 Å². The van der Waals surface area contributed by atoms with E-state index in [2.05, 4.69) is 0 Å². The lowest BCUT2D eigenvalue weighted by atomic mass is 9.98. The highest BCUT2D eigenvalue weighted by Gasteiger charge is 2.53. The van der Waals surface area contributed by atoms with Crippen molar-refractivity contribution in [1.82, 2.24) is 0 Å². The van der Waals surface area contributed by atoms with E-state index >= 15 is 0 Å².